The Hall–Kier alpha value is -3.16. The number of unbranched alkanes of at least 4 members (excludes halogenated alkanes) is 2. The number of rotatable bonds is 13. The van der Waals surface area contributed by atoms with E-state index >= 15 is 0 Å². The van der Waals surface area contributed by atoms with E-state index in [9.17, 15) is 14.7 Å². The zero-order valence-electron chi connectivity index (χ0n) is 21.1. The Morgan fingerprint density at radius 2 is 1.63 bits per heavy atom. The third-order valence-electron chi connectivity index (χ3n) is 6.26. The van der Waals surface area contributed by atoms with Gasteiger partial charge >= 0.3 is 11.7 Å². The lowest BCUT2D eigenvalue weighted by atomic mass is 9.99. The minimum atomic E-state index is -0.955. The molecule has 0 saturated heterocycles. The van der Waals surface area contributed by atoms with Crippen LogP contribution in [-0.2, 0) is 29.0 Å². The van der Waals surface area contributed by atoms with Gasteiger partial charge in [0.1, 0.15) is 0 Å². The van der Waals surface area contributed by atoms with Crippen LogP contribution in [0.3, 0.4) is 0 Å². The van der Waals surface area contributed by atoms with E-state index in [0.29, 0.717) is 18.7 Å². The molecular formula is C28H36N2O5. The van der Waals surface area contributed by atoms with Crippen LogP contribution in [0.15, 0.2) is 53.3 Å². The molecule has 3 rings (SSSR count). The van der Waals surface area contributed by atoms with Crippen LogP contribution in [0.2, 0.25) is 0 Å². The number of methoxy groups -OCH3 is 2. The molecule has 0 unspecified atom stereocenters. The molecule has 1 aromatic heterocycles. The van der Waals surface area contributed by atoms with Gasteiger partial charge in [-0.3, -0.25) is 9.13 Å². The summed E-state index contributed by atoms with van der Waals surface area (Å²) in [7, 11) is 3.19. The number of carboxylic acid groups (broad SMARTS) is 1. The lowest BCUT2D eigenvalue weighted by Crippen LogP contribution is -2.26. The smallest absolute Gasteiger partial charge is 0.336 e. The van der Waals surface area contributed by atoms with Crippen LogP contribution in [0.5, 0.6) is 0 Å². The number of carboxylic acids is 1. The third-order valence-corrected chi connectivity index (χ3v) is 6.26. The summed E-state index contributed by atoms with van der Waals surface area (Å²) in [6.45, 7) is 5.28. The van der Waals surface area contributed by atoms with Crippen molar-refractivity contribution in [3.63, 3.8) is 0 Å². The van der Waals surface area contributed by atoms with Gasteiger partial charge < -0.3 is 14.6 Å². The van der Waals surface area contributed by atoms with Gasteiger partial charge in [0, 0.05) is 26.5 Å². The molecule has 0 bridgehead atoms. The molecule has 3 aromatic rings. The van der Waals surface area contributed by atoms with E-state index in [1.807, 2.05) is 39.5 Å². The fourth-order valence-electron chi connectivity index (χ4n) is 4.53. The summed E-state index contributed by atoms with van der Waals surface area (Å²) in [6, 6.07) is 14.7. The maximum absolute atomic E-state index is 13.6. The van der Waals surface area contributed by atoms with Crippen LogP contribution in [0.4, 0.5) is 0 Å². The van der Waals surface area contributed by atoms with Gasteiger partial charge in [-0.2, -0.15) is 0 Å². The Labute approximate surface area is 206 Å². The molecule has 0 fully saturated rings. The van der Waals surface area contributed by atoms with Gasteiger partial charge in [-0.1, -0.05) is 75.6 Å². The zero-order chi connectivity index (χ0) is 25.4. The number of benzene rings is 2. The van der Waals surface area contributed by atoms with E-state index < -0.39 is 12.3 Å². The van der Waals surface area contributed by atoms with E-state index in [0.717, 1.165) is 54.6 Å². The molecule has 0 atom stereocenters. The van der Waals surface area contributed by atoms with Crippen molar-refractivity contribution >= 4 is 5.97 Å². The van der Waals surface area contributed by atoms with E-state index in [1.165, 1.54) is 0 Å². The molecule has 0 spiro atoms. The summed E-state index contributed by atoms with van der Waals surface area (Å²) < 4.78 is 14.8. The summed E-state index contributed by atoms with van der Waals surface area (Å²) in [4.78, 5) is 25.2. The standard InChI is InChI=1S/C28H36N2O5/c1-5-7-10-18-29-25(27(34-3)35-4)24(11-6-2)30(28(29)33)19-20-14-16-21(17-15-20)22-12-8-9-13-23(22)26(31)32/h8-9,12-17,27H,5-7,10-11,18-19H2,1-4H3,(H,31,32). The second kappa shape index (κ2) is 12.5. The Morgan fingerprint density at radius 3 is 2.23 bits per heavy atom. The quantitative estimate of drug-likeness (QED) is 0.258. The maximum atomic E-state index is 13.6. The number of aromatic nitrogens is 2. The molecule has 7 nitrogen and oxygen atoms in total. The lowest BCUT2D eigenvalue weighted by molar-refractivity contribution is -0.111. The molecule has 0 radical (unpaired) electrons. The van der Waals surface area contributed by atoms with Gasteiger partial charge in [0.2, 0.25) is 0 Å². The monoisotopic (exact) mass is 480 g/mol. The molecule has 0 aliphatic carbocycles. The normalized spacial score (nSPS) is 11.3. The molecule has 35 heavy (non-hydrogen) atoms. The van der Waals surface area contributed by atoms with Crippen LogP contribution in [0, 0.1) is 0 Å². The van der Waals surface area contributed by atoms with Gasteiger partial charge in [0.25, 0.3) is 0 Å². The SMILES string of the molecule is CCCCCn1c(C(OC)OC)c(CCC)n(Cc2ccc(-c3ccccc3C(=O)O)cc2)c1=O. The van der Waals surface area contributed by atoms with Crippen molar-refractivity contribution in [1.29, 1.82) is 0 Å². The first kappa shape index (κ1) is 26.4. The number of nitrogens with zero attached hydrogens (tertiary/aromatic N) is 2. The molecule has 0 aliphatic rings. The minimum Gasteiger partial charge on any atom is -0.478 e. The number of hydrogen-bond acceptors (Lipinski definition) is 4. The summed E-state index contributed by atoms with van der Waals surface area (Å²) in [5.41, 5.74) is 4.39. The third kappa shape index (κ3) is 5.92. The predicted octanol–water partition coefficient (Wildman–Crippen LogP) is 5.50. The summed E-state index contributed by atoms with van der Waals surface area (Å²) in [5.74, 6) is -0.955. The number of carbonyl (C=O) groups is 1. The molecular weight excluding hydrogens is 444 g/mol. The Morgan fingerprint density at radius 1 is 0.943 bits per heavy atom. The maximum Gasteiger partial charge on any atom is 0.336 e. The van der Waals surface area contributed by atoms with Gasteiger partial charge in [-0.15, -0.1) is 0 Å². The van der Waals surface area contributed by atoms with Gasteiger partial charge in [0.05, 0.1) is 17.8 Å². The Kier molecular flexibility index (Phi) is 9.46. The average Bonchev–Trinajstić information content (AvgIpc) is 3.11. The molecule has 1 N–H and O–H groups in total. The molecule has 0 saturated carbocycles. The molecule has 7 heteroatoms. The fraction of sp³-hybridized carbons (Fsp3) is 0.429. The van der Waals surface area contributed by atoms with Crippen LogP contribution in [0.25, 0.3) is 11.1 Å². The highest BCUT2D eigenvalue weighted by Crippen LogP contribution is 2.26. The number of ether oxygens (including phenoxy) is 2. The van der Waals surface area contributed by atoms with Crippen molar-refractivity contribution in [1.82, 2.24) is 9.13 Å². The van der Waals surface area contributed by atoms with Crippen molar-refractivity contribution < 1.29 is 19.4 Å². The Balaban J connectivity index is 2.01. The van der Waals surface area contributed by atoms with E-state index in [-0.39, 0.29) is 11.3 Å². The van der Waals surface area contributed by atoms with Crippen LogP contribution < -0.4 is 5.69 Å². The van der Waals surface area contributed by atoms with Crippen LogP contribution in [0.1, 0.15) is 73.1 Å². The number of aromatic carboxylic acids is 1. The highest BCUT2D eigenvalue weighted by molar-refractivity contribution is 5.95. The number of imidazole rings is 1. The van der Waals surface area contributed by atoms with E-state index in [1.54, 1.807) is 32.4 Å². The van der Waals surface area contributed by atoms with Crippen molar-refractivity contribution in [2.75, 3.05) is 14.2 Å². The van der Waals surface area contributed by atoms with Crippen LogP contribution in [-0.4, -0.2) is 34.4 Å². The summed E-state index contributed by atoms with van der Waals surface area (Å²) >= 11 is 0. The molecule has 2 aromatic carbocycles. The molecule has 1 heterocycles. The van der Waals surface area contributed by atoms with Crippen molar-refractivity contribution in [3.05, 3.63) is 81.5 Å². The fourth-order valence-corrected chi connectivity index (χ4v) is 4.53. The first-order valence-electron chi connectivity index (χ1n) is 12.3. The Bertz CT molecular complexity index is 1170. The van der Waals surface area contributed by atoms with Crippen molar-refractivity contribution in [3.8, 4) is 11.1 Å². The average molecular weight is 481 g/mol. The highest BCUT2D eigenvalue weighted by Gasteiger charge is 2.26. The van der Waals surface area contributed by atoms with Crippen LogP contribution >= 0.6 is 0 Å². The van der Waals surface area contributed by atoms with Gasteiger partial charge in [0.15, 0.2) is 6.29 Å². The molecule has 0 aliphatic heterocycles. The van der Waals surface area contributed by atoms with Crippen molar-refractivity contribution in [2.45, 2.75) is 65.3 Å². The zero-order valence-corrected chi connectivity index (χ0v) is 21.1. The molecule has 0 amide bonds. The first-order chi connectivity index (χ1) is 17.0. The molecule has 188 valence electrons. The minimum absolute atomic E-state index is 0.0565. The van der Waals surface area contributed by atoms with E-state index in [2.05, 4.69) is 13.8 Å². The second-order valence-corrected chi connectivity index (χ2v) is 8.66. The highest BCUT2D eigenvalue weighted by atomic mass is 16.7. The predicted molar refractivity (Wildman–Crippen MR) is 137 cm³/mol. The van der Waals surface area contributed by atoms with Gasteiger partial charge in [-0.25, -0.2) is 9.59 Å². The number of hydrogen-bond donors (Lipinski definition) is 1. The topological polar surface area (TPSA) is 82.7 Å². The first-order valence-corrected chi connectivity index (χ1v) is 12.3. The second-order valence-electron chi connectivity index (χ2n) is 8.66. The lowest BCUT2D eigenvalue weighted by Gasteiger charge is -2.18. The van der Waals surface area contributed by atoms with Gasteiger partial charge in [-0.05, 0) is 35.6 Å². The summed E-state index contributed by atoms with van der Waals surface area (Å²) in [6.07, 6.45) is 4.04. The van der Waals surface area contributed by atoms with E-state index in [4.69, 9.17) is 9.47 Å². The summed E-state index contributed by atoms with van der Waals surface area (Å²) in [5, 5.41) is 9.52. The largest absolute Gasteiger partial charge is 0.478 e. The van der Waals surface area contributed by atoms with Crippen molar-refractivity contribution in [2.24, 2.45) is 0 Å².